The standard InChI is InChI=1S/C30H22N6O3/c37-21-11-9-19(10-12-21)27-26(29-31-14-4-15-32-29)28(23-7-1-2-8-25(23)39)36(18-34-27)30-33-16-13-24(35-30)20-5-3-6-22(38)17-20/h1-18,28,37-39H. The van der Waals surface area contributed by atoms with Crippen molar-refractivity contribution in [2.24, 2.45) is 4.99 Å². The molecule has 0 radical (unpaired) electrons. The molecule has 0 aliphatic carbocycles. The van der Waals surface area contributed by atoms with Gasteiger partial charge in [0.25, 0.3) is 0 Å². The third kappa shape index (κ3) is 4.64. The maximum absolute atomic E-state index is 11.0. The number of phenols is 3. The van der Waals surface area contributed by atoms with E-state index in [0.29, 0.717) is 34.3 Å². The number of phenolic OH excluding ortho intramolecular Hbond substituents is 3. The smallest absolute Gasteiger partial charge is 0.232 e. The zero-order valence-corrected chi connectivity index (χ0v) is 20.5. The van der Waals surface area contributed by atoms with Crippen molar-refractivity contribution in [1.82, 2.24) is 19.9 Å². The second kappa shape index (κ2) is 10.1. The van der Waals surface area contributed by atoms with Crippen LogP contribution in [0.5, 0.6) is 17.2 Å². The molecule has 0 saturated heterocycles. The molecule has 3 N–H and O–H groups in total. The molecular weight excluding hydrogens is 492 g/mol. The summed E-state index contributed by atoms with van der Waals surface area (Å²) in [7, 11) is 0. The highest BCUT2D eigenvalue weighted by Crippen LogP contribution is 2.45. The van der Waals surface area contributed by atoms with Crippen LogP contribution in [-0.4, -0.2) is 41.6 Å². The van der Waals surface area contributed by atoms with Crippen molar-refractivity contribution < 1.29 is 15.3 Å². The first-order chi connectivity index (χ1) is 19.1. The number of hydrogen-bond acceptors (Lipinski definition) is 9. The number of benzene rings is 3. The minimum Gasteiger partial charge on any atom is -0.508 e. The van der Waals surface area contributed by atoms with Crippen LogP contribution in [-0.2, 0) is 0 Å². The van der Waals surface area contributed by atoms with Crippen LogP contribution < -0.4 is 4.90 Å². The molecule has 0 amide bonds. The second-order valence-corrected chi connectivity index (χ2v) is 8.79. The number of para-hydroxylation sites is 1. The van der Waals surface area contributed by atoms with Gasteiger partial charge in [-0.2, -0.15) is 0 Å². The largest absolute Gasteiger partial charge is 0.508 e. The summed E-state index contributed by atoms with van der Waals surface area (Å²) in [6.45, 7) is 0. The van der Waals surface area contributed by atoms with Crippen LogP contribution >= 0.6 is 0 Å². The lowest BCUT2D eigenvalue weighted by molar-refractivity contribution is 0.466. The number of rotatable bonds is 5. The van der Waals surface area contributed by atoms with E-state index in [-0.39, 0.29) is 17.2 Å². The summed E-state index contributed by atoms with van der Waals surface area (Å²) in [5, 5.41) is 30.9. The number of nitrogens with zero attached hydrogens (tertiary/aromatic N) is 6. The van der Waals surface area contributed by atoms with Gasteiger partial charge < -0.3 is 15.3 Å². The van der Waals surface area contributed by atoms with Gasteiger partial charge in [0, 0.05) is 35.3 Å². The van der Waals surface area contributed by atoms with E-state index in [0.717, 1.165) is 11.1 Å². The topological polar surface area (TPSA) is 128 Å². The SMILES string of the molecule is Oc1ccc(C2=C(c3ncccn3)C(c3ccccc3O)N(c3nccc(-c4cccc(O)c4)n3)C=N2)cc1. The molecule has 0 bridgehead atoms. The zero-order valence-electron chi connectivity index (χ0n) is 20.5. The molecule has 39 heavy (non-hydrogen) atoms. The average Bonchev–Trinajstić information content (AvgIpc) is 2.98. The predicted octanol–water partition coefficient (Wildman–Crippen LogP) is 5.21. The van der Waals surface area contributed by atoms with E-state index in [1.165, 1.54) is 0 Å². The minimum absolute atomic E-state index is 0.0745. The fraction of sp³-hybridized carbons (Fsp3) is 0.0333. The lowest BCUT2D eigenvalue weighted by Gasteiger charge is -2.34. The van der Waals surface area contributed by atoms with Crippen LogP contribution in [0, 0.1) is 0 Å². The van der Waals surface area contributed by atoms with Crippen molar-refractivity contribution in [3.8, 4) is 28.5 Å². The van der Waals surface area contributed by atoms with E-state index in [1.807, 2.05) is 18.2 Å². The Morgan fingerprint density at radius 3 is 2.23 bits per heavy atom. The summed E-state index contributed by atoms with van der Waals surface area (Å²) >= 11 is 0. The minimum atomic E-state index is -0.658. The Hall–Kier alpha value is -5.57. The molecule has 6 rings (SSSR count). The van der Waals surface area contributed by atoms with Gasteiger partial charge in [0.15, 0.2) is 5.82 Å². The van der Waals surface area contributed by atoms with Crippen molar-refractivity contribution in [2.45, 2.75) is 6.04 Å². The first-order valence-corrected chi connectivity index (χ1v) is 12.1. The van der Waals surface area contributed by atoms with Crippen LogP contribution in [0.3, 0.4) is 0 Å². The lowest BCUT2D eigenvalue weighted by Crippen LogP contribution is -2.33. The molecule has 0 fully saturated rings. The number of aromatic nitrogens is 4. The Morgan fingerprint density at radius 2 is 1.46 bits per heavy atom. The highest BCUT2D eigenvalue weighted by atomic mass is 16.3. The summed E-state index contributed by atoms with van der Waals surface area (Å²) in [5.74, 6) is 1.08. The highest BCUT2D eigenvalue weighted by molar-refractivity contribution is 6.02. The third-order valence-electron chi connectivity index (χ3n) is 6.31. The van der Waals surface area contributed by atoms with Gasteiger partial charge in [-0.15, -0.1) is 0 Å². The Kier molecular flexibility index (Phi) is 6.14. The lowest BCUT2D eigenvalue weighted by atomic mass is 9.91. The molecule has 9 heteroatoms. The Labute approximate surface area is 223 Å². The highest BCUT2D eigenvalue weighted by Gasteiger charge is 2.35. The van der Waals surface area contributed by atoms with Gasteiger partial charge in [-0.25, -0.2) is 24.9 Å². The number of aliphatic imine (C=N–C) groups is 1. The van der Waals surface area contributed by atoms with E-state index in [4.69, 9.17) is 9.98 Å². The van der Waals surface area contributed by atoms with Crippen LogP contribution in [0.15, 0.2) is 109 Å². The summed E-state index contributed by atoms with van der Waals surface area (Å²) < 4.78 is 0. The molecule has 1 aliphatic heterocycles. The summed E-state index contributed by atoms with van der Waals surface area (Å²) in [6, 6.07) is 23.4. The monoisotopic (exact) mass is 514 g/mol. The van der Waals surface area contributed by atoms with E-state index in [9.17, 15) is 15.3 Å². The Balaban J connectivity index is 1.58. The molecule has 190 valence electrons. The van der Waals surface area contributed by atoms with Gasteiger partial charge in [-0.1, -0.05) is 30.3 Å². The van der Waals surface area contributed by atoms with Crippen molar-refractivity contribution >= 4 is 23.6 Å². The molecule has 0 saturated carbocycles. The molecular formula is C30H22N6O3. The fourth-order valence-electron chi connectivity index (χ4n) is 4.53. The average molecular weight is 515 g/mol. The Bertz CT molecular complexity index is 1700. The number of hydrogen-bond donors (Lipinski definition) is 3. The molecule has 9 nitrogen and oxygen atoms in total. The van der Waals surface area contributed by atoms with Gasteiger partial charge >= 0.3 is 0 Å². The zero-order chi connectivity index (χ0) is 26.8. The van der Waals surface area contributed by atoms with Crippen molar-refractivity contribution in [1.29, 1.82) is 0 Å². The first kappa shape index (κ1) is 23.8. The van der Waals surface area contributed by atoms with E-state index < -0.39 is 6.04 Å². The predicted molar refractivity (Wildman–Crippen MR) is 148 cm³/mol. The third-order valence-corrected chi connectivity index (χ3v) is 6.31. The van der Waals surface area contributed by atoms with Crippen LogP contribution in [0.4, 0.5) is 5.95 Å². The van der Waals surface area contributed by atoms with E-state index in [2.05, 4.69) is 15.0 Å². The van der Waals surface area contributed by atoms with Crippen molar-refractivity contribution in [3.05, 3.63) is 120 Å². The summed E-state index contributed by atoms with van der Waals surface area (Å²) in [4.78, 5) is 24.9. The van der Waals surface area contributed by atoms with Gasteiger partial charge in [0.1, 0.15) is 17.2 Å². The number of aromatic hydroxyl groups is 3. The normalized spacial score (nSPS) is 15.0. The van der Waals surface area contributed by atoms with Crippen molar-refractivity contribution in [2.75, 3.05) is 4.90 Å². The van der Waals surface area contributed by atoms with E-state index in [1.54, 1.807) is 96.6 Å². The molecule has 1 atom stereocenters. The molecule has 1 aliphatic rings. The molecule has 1 unspecified atom stereocenters. The molecule has 0 spiro atoms. The molecule has 5 aromatic rings. The van der Waals surface area contributed by atoms with Gasteiger partial charge in [0.05, 0.1) is 29.3 Å². The van der Waals surface area contributed by atoms with Crippen molar-refractivity contribution in [3.63, 3.8) is 0 Å². The summed E-state index contributed by atoms with van der Waals surface area (Å²) in [5.41, 5.74) is 3.84. The maximum atomic E-state index is 11.0. The molecule has 3 aromatic carbocycles. The van der Waals surface area contributed by atoms with Crippen LogP contribution in [0.1, 0.15) is 23.0 Å². The van der Waals surface area contributed by atoms with Gasteiger partial charge in [-0.05, 0) is 54.6 Å². The van der Waals surface area contributed by atoms with Crippen LogP contribution in [0.2, 0.25) is 0 Å². The van der Waals surface area contributed by atoms with Gasteiger partial charge in [0.2, 0.25) is 5.95 Å². The number of anilines is 1. The Morgan fingerprint density at radius 1 is 0.667 bits per heavy atom. The fourth-order valence-corrected chi connectivity index (χ4v) is 4.53. The molecule has 2 aromatic heterocycles. The maximum Gasteiger partial charge on any atom is 0.232 e. The van der Waals surface area contributed by atoms with E-state index >= 15 is 0 Å². The first-order valence-electron chi connectivity index (χ1n) is 12.1. The second-order valence-electron chi connectivity index (χ2n) is 8.79. The summed E-state index contributed by atoms with van der Waals surface area (Å²) in [6.07, 6.45) is 6.55. The van der Waals surface area contributed by atoms with Gasteiger partial charge in [-0.3, -0.25) is 4.90 Å². The quantitative estimate of drug-likeness (QED) is 0.292. The molecule has 3 heterocycles. The van der Waals surface area contributed by atoms with Crippen LogP contribution in [0.25, 0.3) is 22.5 Å².